The molecule has 3 aromatic rings. The highest BCUT2D eigenvalue weighted by Gasteiger charge is 2.22. The second-order valence-electron chi connectivity index (χ2n) is 8.82. The Labute approximate surface area is 232 Å². The van der Waals surface area contributed by atoms with E-state index in [1.165, 1.54) is 11.8 Å². The lowest BCUT2D eigenvalue weighted by Crippen LogP contribution is -2.45. The minimum atomic E-state index is -0.292. The molecule has 2 heterocycles. The fraction of sp³-hybridized carbons (Fsp3) is 0.370. The van der Waals surface area contributed by atoms with Crippen LogP contribution in [0.4, 0.5) is 11.5 Å². The second kappa shape index (κ2) is 13.4. The first kappa shape index (κ1) is 28.3. The van der Waals surface area contributed by atoms with E-state index in [0.29, 0.717) is 39.7 Å². The van der Waals surface area contributed by atoms with E-state index in [9.17, 15) is 4.79 Å². The molecule has 0 bridgehead atoms. The number of ether oxygens (including phenoxy) is 4. The lowest BCUT2D eigenvalue weighted by molar-refractivity contribution is -0.114. The number of carbonyl (C=O) groups excluding carboxylic acids is 1. The maximum absolute atomic E-state index is 11.8. The molecule has 4 rings (SSSR count). The Balaban J connectivity index is 1.63. The lowest BCUT2D eigenvalue weighted by Gasteiger charge is -2.33. The minimum Gasteiger partial charge on any atom is -0.497 e. The molecule has 208 valence electrons. The van der Waals surface area contributed by atoms with Gasteiger partial charge in [-0.25, -0.2) is 9.97 Å². The number of hydrogen-bond donors (Lipinski definition) is 2. The van der Waals surface area contributed by atoms with Crippen LogP contribution in [0, 0.1) is 0 Å². The van der Waals surface area contributed by atoms with Gasteiger partial charge in [0.2, 0.25) is 5.91 Å². The topological polar surface area (TPSA) is 124 Å². The Morgan fingerprint density at radius 2 is 1.87 bits per heavy atom. The lowest BCUT2D eigenvalue weighted by atomic mass is 10.2. The molecule has 1 aliphatic heterocycles. The zero-order valence-electron chi connectivity index (χ0n) is 22.6. The Bertz CT molecular complexity index is 1290. The number of carbonyl (C=O) groups is 1. The number of nitrogens with two attached hydrogens (primary N) is 1. The summed E-state index contributed by atoms with van der Waals surface area (Å²) in [4.78, 5) is 26.7. The zero-order valence-corrected chi connectivity index (χ0v) is 23.4. The molecule has 2 aromatic carbocycles. The van der Waals surface area contributed by atoms with Crippen molar-refractivity contribution in [2.75, 3.05) is 71.3 Å². The van der Waals surface area contributed by atoms with Gasteiger partial charge in [0.1, 0.15) is 17.4 Å². The predicted octanol–water partition coefficient (Wildman–Crippen LogP) is 2.88. The third kappa shape index (κ3) is 7.22. The summed E-state index contributed by atoms with van der Waals surface area (Å²) in [5.41, 5.74) is 6.86. The maximum Gasteiger partial charge on any atom is 0.259 e. The van der Waals surface area contributed by atoms with Crippen molar-refractivity contribution in [1.29, 1.82) is 0 Å². The number of benzene rings is 2. The van der Waals surface area contributed by atoms with E-state index in [-0.39, 0.29) is 19.1 Å². The van der Waals surface area contributed by atoms with Crippen LogP contribution >= 0.6 is 11.8 Å². The first-order valence-corrected chi connectivity index (χ1v) is 13.3. The first-order valence-electron chi connectivity index (χ1n) is 12.4. The molecule has 0 saturated carbocycles. The van der Waals surface area contributed by atoms with Gasteiger partial charge in [0.25, 0.3) is 5.88 Å². The molecule has 0 atom stereocenters. The van der Waals surface area contributed by atoms with Gasteiger partial charge in [-0.2, -0.15) is 0 Å². The fourth-order valence-corrected chi connectivity index (χ4v) is 4.94. The molecule has 0 spiro atoms. The summed E-state index contributed by atoms with van der Waals surface area (Å²) in [6.07, 6.45) is 1.73. The summed E-state index contributed by atoms with van der Waals surface area (Å²) in [5.74, 6) is 2.66. The molecular weight excluding hydrogens is 520 g/mol. The monoisotopic (exact) mass is 554 g/mol. The SMILES string of the molecule is COc1cc(NC(=O)CN)cc(Sc2cnc(N3CCN(C)CC3)c(OCc3cccc(OC)c3OC)n2)c1. The van der Waals surface area contributed by atoms with Gasteiger partial charge in [0.05, 0.1) is 34.1 Å². The van der Waals surface area contributed by atoms with Crippen LogP contribution < -0.4 is 34.9 Å². The van der Waals surface area contributed by atoms with Crippen LogP contribution in [0.2, 0.25) is 0 Å². The summed E-state index contributed by atoms with van der Waals surface area (Å²) in [7, 11) is 6.88. The smallest absolute Gasteiger partial charge is 0.259 e. The van der Waals surface area contributed by atoms with Crippen LogP contribution in [0.5, 0.6) is 23.1 Å². The molecule has 1 amide bonds. The van der Waals surface area contributed by atoms with Gasteiger partial charge in [0.15, 0.2) is 17.3 Å². The first-order chi connectivity index (χ1) is 18.9. The number of nitrogens with zero attached hydrogens (tertiary/aromatic N) is 4. The van der Waals surface area contributed by atoms with Gasteiger partial charge in [-0.1, -0.05) is 23.9 Å². The third-order valence-electron chi connectivity index (χ3n) is 6.16. The second-order valence-corrected chi connectivity index (χ2v) is 9.91. The van der Waals surface area contributed by atoms with Gasteiger partial charge in [-0.3, -0.25) is 4.79 Å². The summed E-state index contributed by atoms with van der Waals surface area (Å²) in [6, 6.07) is 11.1. The van der Waals surface area contributed by atoms with Crippen LogP contribution in [0.25, 0.3) is 0 Å². The van der Waals surface area contributed by atoms with E-state index in [1.807, 2.05) is 30.3 Å². The van der Waals surface area contributed by atoms with E-state index in [0.717, 1.165) is 36.6 Å². The molecule has 0 radical (unpaired) electrons. The zero-order chi connectivity index (χ0) is 27.8. The van der Waals surface area contributed by atoms with Crippen molar-refractivity contribution in [3.63, 3.8) is 0 Å². The number of anilines is 2. The molecule has 1 aliphatic rings. The normalized spacial score (nSPS) is 13.6. The van der Waals surface area contributed by atoms with Crippen LogP contribution in [0.1, 0.15) is 5.56 Å². The van der Waals surface area contributed by atoms with E-state index in [2.05, 4.69) is 22.2 Å². The number of likely N-dealkylation sites (N-methyl/N-ethyl adjacent to an activating group) is 1. The number of aromatic nitrogens is 2. The molecule has 12 heteroatoms. The van der Waals surface area contributed by atoms with Crippen molar-refractivity contribution in [2.24, 2.45) is 5.73 Å². The largest absolute Gasteiger partial charge is 0.497 e. The van der Waals surface area contributed by atoms with Crippen molar-refractivity contribution in [3.05, 3.63) is 48.2 Å². The number of piperazine rings is 1. The van der Waals surface area contributed by atoms with Gasteiger partial charge >= 0.3 is 0 Å². The highest BCUT2D eigenvalue weighted by atomic mass is 32.2. The quantitative estimate of drug-likeness (QED) is 0.364. The summed E-state index contributed by atoms with van der Waals surface area (Å²) in [6.45, 7) is 3.58. The molecule has 3 N–H and O–H groups in total. The van der Waals surface area contributed by atoms with Gasteiger partial charge < -0.3 is 39.8 Å². The Morgan fingerprint density at radius 3 is 2.56 bits per heavy atom. The number of rotatable bonds is 11. The maximum atomic E-state index is 11.8. The standard InChI is InChI=1S/C27H34N6O5S/c1-32-8-10-33(11-9-32)26-27(38-17-18-6-5-7-22(36-3)25(18)37-4)31-24(16-29-26)39-21-13-19(30-23(34)15-28)12-20(14-21)35-2/h5-7,12-14,16H,8-11,15,17,28H2,1-4H3,(H,30,34). The number of nitrogens with one attached hydrogen (secondary N) is 1. The Kier molecular flexibility index (Phi) is 9.69. The van der Waals surface area contributed by atoms with Crippen molar-refractivity contribution in [1.82, 2.24) is 14.9 Å². The van der Waals surface area contributed by atoms with Crippen molar-refractivity contribution < 1.29 is 23.7 Å². The van der Waals surface area contributed by atoms with Gasteiger partial charge in [0, 0.05) is 48.4 Å². The highest BCUT2D eigenvalue weighted by molar-refractivity contribution is 7.99. The van der Waals surface area contributed by atoms with Crippen LogP contribution in [-0.4, -0.2) is 81.9 Å². The molecule has 1 aromatic heterocycles. The van der Waals surface area contributed by atoms with E-state index in [1.54, 1.807) is 33.6 Å². The predicted molar refractivity (Wildman–Crippen MR) is 150 cm³/mol. The molecule has 11 nitrogen and oxygen atoms in total. The Hall–Kier alpha value is -3.74. The van der Waals surface area contributed by atoms with E-state index < -0.39 is 0 Å². The summed E-state index contributed by atoms with van der Waals surface area (Å²) >= 11 is 1.38. The van der Waals surface area contributed by atoms with Crippen LogP contribution in [0.3, 0.4) is 0 Å². The minimum absolute atomic E-state index is 0.113. The van der Waals surface area contributed by atoms with E-state index in [4.69, 9.17) is 34.6 Å². The van der Waals surface area contributed by atoms with Gasteiger partial charge in [-0.05, 0) is 25.2 Å². The van der Waals surface area contributed by atoms with Crippen LogP contribution in [0.15, 0.2) is 52.5 Å². The van der Waals surface area contributed by atoms with Gasteiger partial charge in [-0.15, -0.1) is 0 Å². The summed E-state index contributed by atoms with van der Waals surface area (Å²) < 4.78 is 22.7. The van der Waals surface area contributed by atoms with Crippen LogP contribution in [-0.2, 0) is 11.4 Å². The molecule has 0 unspecified atom stereocenters. The average Bonchev–Trinajstić information content (AvgIpc) is 2.96. The number of amides is 1. The number of para-hydroxylation sites is 1. The van der Waals surface area contributed by atoms with E-state index >= 15 is 0 Å². The third-order valence-corrected chi connectivity index (χ3v) is 7.04. The average molecular weight is 555 g/mol. The van der Waals surface area contributed by atoms with Crippen molar-refractivity contribution in [3.8, 4) is 23.1 Å². The highest BCUT2D eigenvalue weighted by Crippen LogP contribution is 2.36. The molecule has 1 fully saturated rings. The molecule has 39 heavy (non-hydrogen) atoms. The van der Waals surface area contributed by atoms with Crippen molar-refractivity contribution >= 4 is 29.2 Å². The summed E-state index contributed by atoms with van der Waals surface area (Å²) in [5, 5.41) is 3.40. The fourth-order valence-electron chi connectivity index (χ4n) is 4.10. The number of methoxy groups -OCH3 is 3. The molecule has 1 saturated heterocycles. The molecular formula is C27H34N6O5S. The number of hydrogen-bond acceptors (Lipinski definition) is 11. The van der Waals surface area contributed by atoms with Crippen molar-refractivity contribution in [2.45, 2.75) is 16.5 Å². The Morgan fingerprint density at radius 1 is 1.08 bits per heavy atom. The molecule has 0 aliphatic carbocycles.